The second-order valence-corrected chi connectivity index (χ2v) is 7.67. The van der Waals surface area contributed by atoms with Gasteiger partial charge in [-0.25, -0.2) is 0 Å². The third-order valence-corrected chi connectivity index (χ3v) is 5.61. The van der Waals surface area contributed by atoms with Crippen molar-refractivity contribution < 1.29 is 4.79 Å². The van der Waals surface area contributed by atoms with Gasteiger partial charge >= 0.3 is 0 Å². The standard InChI is InChI=1S/C19H28N6O/c1-14-16(11-23(2)21-14)12-24-7-8-25-18(13-24)9-17(22-25)10-20-19(26)15-5-3-4-6-15/h9,11,15H,3-8,10,12-13H2,1-2H3,(H,20,26). The average Bonchev–Trinajstić information content (AvgIpc) is 3.33. The van der Waals surface area contributed by atoms with Crippen molar-refractivity contribution in [3.05, 3.63) is 34.9 Å². The smallest absolute Gasteiger partial charge is 0.223 e. The topological polar surface area (TPSA) is 68.0 Å². The zero-order valence-electron chi connectivity index (χ0n) is 15.7. The minimum atomic E-state index is 0.196. The Morgan fingerprint density at radius 2 is 2.08 bits per heavy atom. The first-order valence-corrected chi connectivity index (χ1v) is 9.63. The SMILES string of the molecule is Cc1nn(C)cc1CN1CCn2nc(CNC(=O)C3CCCC3)cc2C1. The highest BCUT2D eigenvalue weighted by atomic mass is 16.1. The number of carbonyl (C=O) groups excluding carboxylic acids is 1. The number of amides is 1. The largest absolute Gasteiger partial charge is 0.350 e. The maximum atomic E-state index is 12.2. The third kappa shape index (κ3) is 3.67. The van der Waals surface area contributed by atoms with Gasteiger partial charge < -0.3 is 5.32 Å². The zero-order valence-corrected chi connectivity index (χ0v) is 15.7. The van der Waals surface area contributed by atoms with E-state index < -0.39 is 0 Å². The van der Waals surface area contributed by atoms with E-state index in [4.69, 9.17) is 0 Å². The minimum absolute atomic E-state index is 0.196. The van der Waals surface area contributed by atoms with Gasteiger partial charge in [-0.2, -0.15) is 10.2 Å². The Labute approximate surface area is 154 Å². The molecule has 1 amide bonds. The molecule has 0 bridgehead atoms. The molecule has 140 valence electrons. The van der Waals surface area contributed by atoms with Crippen molar-refractivity contribution in [3.63, 3.8) is 0 Å². The van der Waals surface area contributed by atoms with Gasteiger partial charge in [0, 0.05) is 44.4 Å². The van der Waals surface area contributed by atoms with Gasteiger partial charge in [-0.3, -0.25) is 19.1 Å². The predicted octanol–water partition coefficient (Wildman–Crippen LogP) is 1.75. The van der Waals surface area contributed by atoms with Gasteiger partial charge in [0.25, 0.3) is 0 Å². The number of carbonyl (C=O) groups is 1. The monoisotopic (exact) mass is 356 g/mol. The summed E-state index contributed by atoms with van der Waals surface area (Å²) in [7, 11) is 1.97. The van der Waals surface area contributed by atoms with E-state index in [0.29, 0.717) is 6.54 Å². The molecule has 0 radical (unpaired) electrons. The fourth-order valence-corrected chi connectivity index (χ4v) is 4.16. The summed E-state index contributed by atoms with van der Waals surface area (Å²) in [5, 5.41) is 12.2. The number of nitrogens with zero attached hydrogens (tertiary/aromatic N) is 5. The molecule has 7 nitrogen and oxygen atoms in total. The zero-order chi connectivity index (χ0) is 18.1. The summed E-state index contributed by atoms with van der Waals surface area (Å²) in [5.74, 6) is 0.410. The van der Waals surface area contributed by atoms with E-state index in [1.165, 1.54) is 24.1 Å². The van der Waals surface area contributed by atoms with Crippen LogP contribution in [0.5, 0.6) is 0 Å². The quantitative estimate of drug-likeness (QED) is 0.886. The van der Waals surface area contributed by atoms with Crippen molar-refractivity contribution in [3.8, 4) is 0 Å². The van der Waals surface area contributed by atoms with Gasteiger partial charge in [0.1, 0.15) is 0 Å². The van der Waals surface area contributed by atoms with Crippen molar-refractivity contribution in [1.29, 1.82) is 0 Å². The molecule has 0 atom stereocenters. The molecule has 1 N–H and O–H groups in total. The molecule has 0 aromatic carbocycles. The van der Waals surface area contributed by atoms with Gasteiger partial charge in [-0.1, -0.05) is 12.8 Å². The molecule has 1 saturated carbocycles. The van der Waals surface area contributed by atoms with Gasteiger partial charge in [0.05, 0.1) is 30.2 Å². The Morgan fingerprint density at radius 1 is 1.27 bits per heavy atom. The molecule has 4 rings (SSSR count). The second-order valence-electron chi connectivity index (χ2n) is 7.67. The summed E-state index contributed by atoms with van der Waals surface area (Å²) < 4.78 is 3.97. The van der Waals surface area contributed by atoms with Gasteiger partial charge in [0.15, 0.2) is 0 Å². The van der Waals surface area contributed by atoms with Crippen LogP contribution >= 0.6 is 0 Å². The maximum Gasteiger partial charge on any atom is 0.223 e. The molecule has 2 aromatic rings. The van der Waals surface area contributed by atoms with Crippen LogP contribution in [0.3, 0.4) is 0 Å². The van der Waals surface area contributed by atoms with Crippen molar-refractivity contribution in [2.45, 2.75) is 58.8 Å². The minimum Gasteiger partial charge on any atom is -0.350 e. The van der Waals surface area contributed by atoms with Crippen LogP contribution in [-0.2, 0) is 38.0 Å². The first kappa shape index (κ1) is 17.3. The number of hydrogen-bond acceptors (Lipinski definition) is 4. The number of fused-ring (bicyclic) bond motifs is 1. The number of aryl methyl sites for hydroxylation is 2. The Morgan fingerprint density at radius 3 is 2.81 bits per heavy atom. The lowest BCUT2D eigenvalue weighted by molar-refractivity contribution is -0.124. The lowest BCUT2D eigenvalue weighted by Gasteiger charge is -2.27. The van der Waals surface area contributed by atoms with E-state index in [1.54, 1.807) is 0 Å². The molecule has 0 spiro atoms. The molecule has 0 saturated heterocycles. The van der Waals surface area contributed by atoms with E-state index in [2.05, 4.69) is 44.3 Å². The van der Waals surface area contributed by atoms with Crippen LogP contribution < -0.4 is 5.32 Å². The van der Waals surface area contributed by atoms with Crippen LogP contribution in [0.25, 0.3) is 0 Å². The van der Waals surface area contributed by atoms with Crippen LogP contribution in [0, 0.1) is 12.8 Å². The second kappa shape index (κ2) is 7.23. The Bertz CT molecular complexity index is 786. The van der Waals surface area contributed by atoms with Gasteiger partial charge in [-0.05, 0) is 25.8 Å². The van der Waals surface area contributed by atoms with Crippen molar-refractivity contribution >= 4 is 5.91 Å². The Balaban J connectivity index is 1.34. The molecular weight excluding hydrogens is 328 g/mol. The number of aromatic nitrogens is 4. The highest BCUT2D eigenvalue weighted by Crippen LogP contribution is 2.24. The van der Waals surface area contributed by atoms with Crippen molar-refractivity contribution in [2.75, 3.05) is 6.54 Å². The predicted molar refractivity (Wildman–Crippen MR) is 98.1 cm³/mol. The maximum absolute atomic E-state index is 12.2. The van der Waals surface area contributed by atoms with E-state index in [-0.39, 0.29) is 11.8 Å². The summed E-state index contributed by atoms with van der Waals surface area (Å²) in [6, 6.07) is 2.14. The molecule has 0 unspecified atom stereocenters. The van der Waals surface area contributed by atoms with Crippen LogP contribution in [0.2, 0.25) is 0 Å². The Hall–Kier alpha value is -2.15. The van der Waals surface area contributed by atoms with Crippen LogP contribution in [0.1, 0.15) is 48.3 Å². The average molecular weight is 356 g/mol. The molecule has 7 heteroatoms. The molecule has 1 aliphatic heterocycles. The summed E-state index contributed by atoms with van der Waals surface area (Å²) in [5.41, 5.74) is 4.57. The highest BCUT2D eigenvalue weighted by molar-refractivity contribution is 5.78. The van der Waals surface area contributed by atoms with E-state index in [9.17, 15) is 4.79 Å². The summed E-state index contributed by atoms with van der Waals surface area (Å²) in [4.78, 5) is 14.6. The first-order chi connectivity index (χ1) is 12.6. The highest BCUT2D eigenvalue weighted by Gasteiger charge is 2.23. The fourth-order valence-electron chi connectivity index (χ4n) is 4.16. The van der Waals surface area contributed by atoms with Crippen LogP contribution in [0.4, 0.5) is 0 Å². The molecule has 3 heterocycles. The lowest BCUT2D eigenvalue weighted by atomic mass is 10.1. The lowest BCUT2D eigenvalue weighted by Crippen LogP contribution is -2.33. The van der Waals surface area contributed by atoms with E-state index in [1.807, 2.05) is 11.7 Å². The molecular formula is C19H28N6O. The molecule has 1 fully saturated rings. The third-order valence-electron chi connectivity index (χ3n) is 5.61. The van der Waals surface area contributed by atoms with E-state index in [0.717, 1.165) is 50.4 Å². The first-order valence-electron chi connectivity index (χ1n) is 9.63. The Kier molecular flexibility index (Phi) is 4.80. The molecule has 2 aliphatic rings. The summed E-state index contributed by atoms with van der Waals surface area (Å²) >= 11 is 0. The normalized spacial score (nSPS) is 18.2. The fraction of sp³-hybridized carbons (Fsp3) is 0.632. The summed E-state index contributed by atoms with van der Waals surface area (Å²) in [6.07, 6.45) is 6.54. The molecule has 1 aliphatic carbocycles. The van der Waals surface area contributed by atoms with Crippen LogP contribution in [-0.4, -0.2) is 36.9 Å². The van der Waals surface area contributed by atoms with Crippen molar-refractivity contribution in [2.24, 2.45) is 13.0 Å². The van der Waals surface area contributed by atoms with Crippen molar-refractivity contribution in [1.82, 2.24) is 29.8 Å². The number of rotatable bonds is 5. The molecule has 26 heavy (non-hydrogen) atoms. The number of nitrogens with one attached hydrogen (secondary N) is 1. The van der Waals surface area contributed by atoms with E-state index >= 15 is 0 Å². The van der Waals surface area contributed by atoms with Gasteiger partial charge in [0.2, 0.25) is 5.91 Å². The summed E-state index contributed by atoms with van der Waals surface area (Å²) in [6.45, 7) is 6.28. The number of hydrogen-bond donors (Lipinski definition) is 1. The van der Waals surface area contributed by atoms with Gasteiger partial charge in [-0.15, -0.1) is 0 Å². The van der Waals surface area contributed by atoms with Crippen LogP contribution in [0.15, 0.2) is 12.3 Å². The molecule has 2 aromatic heterocycles.